The minimum absolute atomic E-state index is 0.0140. The minimum atomic E-state index is -0.868. The van der Waals surface area contributed by atoms with Crippen LogP contribution >= 0.6 is 27.7 Å². The van der Waals surface area contributed by atoms with Crippen LogP contribution in [0.15, 0.2) is 70.6 Å². The van der Waals surface area contributed by atoms with E-state index in [4.69, 9.17) is 9.84 Å². The summed E-state index contributed by atoms with van der Waals surface area (Å²) >= 11 is 5.16. The van der Waals surface area contributed by atoms with Gasteiger partial charge in [-0.05, 0) is 131 Å². The lowest BCUT2D eigenvalue weighted by Gasteiger charge is -2.26. The Hall–Kier alpha value is -5.11. The van der Waals surface area contributed by atoms with Gasteiger partial charge >= 0.3 is 0 Å². The van der Waals surface area contributed by atoms with E-state index in [1.54, 1.807) is 50.2 Å². The molecule has 0 spiro atoms. The number of imidazole rings is 2. The van der Waals surface area contributed by atoms with Gasteiger partial charge in [0.25, 0.3) is 11.8 Å². The number of rotatable bonds is 16. The van der Waals surface area contributed by atoms with Crippen LogP contribution in [0.1, 0.15) is 85.2 Å². The minimum Gasteiger partial charge on any atom is -0.389 e. The van der Waals surface area contributed by atoms with Crippen molar-refractivity contribution in [1.29, 1.82) is 0 Å². The first kappa shape index (κ1) is 47.4. The first-order valence-corrected chi connectivity index (χ1v) is 24.4. The maximum atomic E-state index is 12.6. The van der Waals surface area contributed by atoms with Crippen LogP contribution in [0.3, 0.4) is 0 Å². The van der Waals surface area contributed by atoms with Crippen LogP contribution < -0.4 is 21.3 Å². The van der Waals surface area contributed by atoms with E-state index in [2.05, 4.69) is 57.2 Å². The normalized spacial score (nSPS) is 15.7. The number of halogens is 1. The number of hydrogen-bond acceptors (Lipinski definition) is 13. The topological polar surface area (TPSA) is 196 Å². The number of hydrogen-bond donors (Lipinski definition) is 6. The summed E-state index contributed by atoms with van der Waals surface area (Å²) in [5, 5.41) is 43.4. The standard InChI is InChI=1S/C27H36N6O3S.C21H24BrN5O2/c1-18-14-19(4-7-21(18)26(34)30-20-5-6-20)23-16-28-25-22(29-17-27(2,3)35)15-24(31-33(23)25)37-13-10-32-8-11-36-12-9-32;1-12-8-13(4-7-15(12)20(28)25-14-5-6-14)17-10-23-19-16(24-11-21(2,3)29)9-18(22)26-27(17)19/h4,7,14-16,20,29,35H,5-6,8-13,17H2,1-3H3,(H,30,34);4,7-10,14,24,29H,5-6,11H2,1-3H3,(H,25,28). The van der Waals surface area contributed by atoms with Crippen molar-refractivity contribution in [3.05, 3.63) is 87.8 Å². The fourth-order valence-electron chi connectivity index (χ4n) is 7.47. The Balaban J connectivity index is 0.000000185. The number of carbonyl (C=O) groups excluding carboxylic acids is 2. The first-order chi connectivity index (χ1) is 31.5. The van der Waals surface area contributed by atoms with Gasteiger partial charge in [-0.1, -0.05) is 12.1 Å². The Bertz CT molecular complexity index is 2710. The molecule has 2 aliphatic carbocycles. The number of aliphatic hydroxyl groups is 2. The summed E-state index contributed by atoms with van der Waals surface area (Å²) in [6, 6.07) is 16.1. The van der Waals surface area contributed by atoms with Crippen molar-refractivity contribution in [2.45, 2.75) is 95.5 Å². The molecule has 5 heterocycles. The van der Waals surface area contributed by atoms with Gasteiger partial charge in [-0.25, -0.2) is 19.0 Å². The van der Waals surface area contributed by atoms with Gasteiger partial charge in [0.1, 0.15) is 9.63 Å². The zero-order valence-electron chi connectivity index (χ0n) is 38.4. The van der Waals surface area contributed by atoms with Crippen LogP contribution in [0.5, 0.6) is 0 Å². The van der Waals surface area contributed by atoms with E-state index >= 15 is 0 Å². The maximum Gasteiger partial charge on any atom is 0.251 e. The fourth-order valence-corrected chi connectivity index (χ4v) is 8.76. The number of ether oxygens (including phenoxy) is 1. The molecule has 1 saturated heterocycles. The second kappa shape index (κ2) is 20.0. The lowest BCUT2D eigenvalue weighted by molar-refractivity contribution is 0.0410. The highest BCUT2D eigenvalue weighted by Gasteiger charge is 2.26. The van der Waals surface area contributed by atoms with E-state index in [0.29, 0.717) is 52.2 Å². The molecule has 0 bridgehead atoms. The third kappa shape index (κ3) is 12.3. The molecule has 350 valence electrons. The van der Waals surface area contributed by atoms with Crippen LogP contribution in [0.25, 0.3) is 33.8 Å². The molecule has 4 aromatic heterocycles. The van der Waals surface area contributed by atoms with Crippen LogP contribution in [0, 0.1) is 13.8 Å². The van der Waals surface area contributed by atoms with Crippen molar-refractivity contribution in [2.24, 2.45) is 0 Å². The van der Waals surface area contributed by atoms with E-state index in [1.165, 1.54) is 0 Å². The van der Waals surface area contributed by atoms with E-state index < -0.39 is 11.2 Å². The Morgan fingerprint density at radius 2 is 1.23 bits per heavy atom. The van der Waals surface area contributed by atoms with Crippen LogP contribution in [-0.4, -0.2) is 131 Å². The van der Waals surface area contributed by atoms with Gasteiger partial charge in [-0.2, -0.15) is 10.2 Å². The maximum absolute atomic E-state index is 12.6. The van der Waals surface area contributed by atoms with Gasteiger partial charge in [0.15, 0.2) is 11.3 Å². The largest absolute Gasteiger partial charge is 0.389 e. The van der Waals surface area contributed by atoms with E-state index in [0.717, 1.165) is 114 Å². The molecule has 2 aromatic carbocycles. The van der Waals surface area contributed by atoms with Gasteiger partial charge in [0.05, 0.1) is 59.6 Å². The third-order valence-electron chi connectivity index (χ3n) is 11.4. The smallest absolute Gasteiger partial charge is 0.251 e. The predicted octanol–water partition coefficient (Wildman–Crippen LogP) is 6.75. The number of anilines is 2. The fraction of sp³-hybridized carbons (Fsp3) is 0.458. The Morgan fingerprint density at radius 1 is 0.742 bits per heavy atom. The molecule has 2 saturated carbocycles. The molecule has 3 fully saturated rings. The van der Waals surface area contributed by atoms with Gasteiger partial charge in [-0.3, -0.25) is 14.5 Å². The molecule has 3 aliphatic rings. The Labute approximate surface area is 397 Å². The lowest BCUT2D eigenvalue weighted by atomic mass is 10.0. The van der Waals surface area contributed by atoms with Crippen molar-refractivity contribution in [3.8, 4) is 22.5 Å². The monoisotopic (exact) mass is 981 g/mol. The lowest BCUT2D eigenvalue weighted by Crippen LogP contribution is -2.37. The molecular weight excluding hydrogens is 923 g/mol. The van der Waals surface area contributed by atoms with Gasteiger partial charge < -0.3 is 36.2 Å². The molecule has 2 amide bonds. The van der Waals surface area contributed by atoms with Gasteiger partial charge in [0.2, 0.25) is 0 Å². The average Bonchev–Trinajstić information content (AvgIpc) is 4.18. The Morgan fingerprint density at radius 3 is 1.70 bits per heavy atom. The zero-order valence-corrected chi connectivity index (χ0v) is 40.9. The number of carbonyl (C=O) groups is 2. The predicted molar refractivity (Wildman–Crippen MR) is 263 cm³/mol. The van der Waals surface area contributed by atoms with Crippen LogP contribution in [-0.2, 0) is 4.74 Å². The quantitative estimate of drug-likeness (QED) is 0.0559. The molecule has 0 atom stereocenters. The number of morpholine rings is 1. The molecule has 0 radical (unpaired) electrons. The number of nitrogens with zero attached hydrogens (tertiary/aromatic N) is 7. The summed E-state index contributed by atoms with van der Waals surface area (Å²) in [6.45, 7) is 16.2. The molecule has 66 heavy (non-hydrogen) atoms. The number of benzene rings is 2. The van der Waals surface area contributed by atoms with E-state index in [1.807, 2.05) is 73.1 Å². The van der Waals surface area contributed by atoms with Crippen LogP contribution in [0.4, 0.5) is 11.4 Å². The molecule has 18 heteroatoms. The first-order valence-electron chi connectivity index (χ1n) is 22.6. The number of aryl methyl sites for hydroxylation is 2. The number of amides is 2. The average molecular weight is 983 g/mol. The molecular formula is C48H60BrN11O5S. The molecule has 0 unspecified atom stereocenters. The Kier molecular flexibility index (Phi) is 14.4. The highest BCUT2D eigenvalue weighted by molar-refractivity contribution is 9.10. The number of aromatic nitrogens is 6. The van der Waals surface area contributed by atoms with Crippen molar-refractivity contribution >= 4 is 62.2 Å². The molecule has 1 aliphatic heterocycles. The number of nitrogens with one attached hydrogen (secondary N) is 4. The number of thioether (sulfide) groups is 1. The van der Waals surface area contributed by atoms with E-state index in [9.17, 15) is 19.8 Å². The van der Waals surface area contributed by atoms with Crippen LogP contribution in [0.2, 0.25) is 0 Å². The van der Waals surface area contributed by atoms with Crippen molar-refractivity contribution in [2.75, 3.05) is 62.3 Å². The summed E-state index contributed by atoms with van der Waals surface area (Å²) < 4.78 is 9.73. The van der Waals surface area contributed by atoms with Crippen molar-refractivity contribution in [1.82, 2.24) is 44.7 Å². The second-order valence-corrected chi connectivity index (χ2v) is 20.7. The van der Waals surface area contributed by atoms with Crippen molar-refractivity contribution < 1.29 is 24.5 Å². The van der Waals surface area contributed by atoms with Crippen molar-refractivity contribution in [3.63, 3.8) is 0 Å². The summed E-state index contributed by atoms with van der Waals surface area (Å²) in [5.41, 5.74) is 8.02. The summed E-state index contributed by atoms with van der Waals surface area (Å²) in [6.07, 6.45) is 7.84. The third-order valence-corrected chi connectivity index (χ3v) is 12.7. The second-order valence-electron chi connectivity index (χ2n) is 18.7. The zero-order chi connectivity index (χ0) is 46.8. The van der Waals surface area contributed by atoms with E-state index in [-0.39, 0.29) is 11.8 Å². The summed E-state index contributed by atoms with van der Waals surface area (Å²) in [7, 11) is 0. The molecule has 6 N–H and O–H groups in total. The van der Waals surface area contributed by atoms with Gasteiger partial charge in [-0.15, -0.1) is 11.8 Å². The highest BCUT2D eigenvalue weighted by Crippen LogP contribution is 2.31. The molecule has 6 aromatic rings. The molecule has 16 nitrogen and oxygen atoms in total. The summed E-state index contributed by atoms with van der Waals surface area (Å²) in [4.78, 5) is 36.6. The summed E-state index contributed by atoms with van der Waals surface area (Å²) in [5.74, 6) is 0.880. The molecule has 9 rings (SSSR count). The van der Waals surface area contributed by atoms with Gasteiger partial charge in [0, 0.05) is 72.8 Å². The SMILES string of the molecule is Cc1cc(-c2cnc3c(NCC(C)(C)O)cc(Br)nn23)ccc1C(=O)NC1CC1.Cc1cc(-c2cnc3c(NCC(C)(C)O)cc(SCCN4CCOCC4)nn23)ccc1C(=O)NC1CC1. The highest BCUT2D eigenvalue weighted by atomic mass is 79.9. The number of fused-ring (bicyclic) bond motifs is 2.